The molecular weight excluding hydrogens is 462 g/mol. The highest BCUT2D eigenvalue weighted by Crippen LogP contribution is 2.55. The number of carbonyl (C=O) groups is 3. The van der Waals surface area contributed by atoms with Gasteiger partial charge < -0.3 is 25.8 Å². The molecule has 3 amide bonds. The summed E-state index contributed by atoms with van der Waals surface area (Å²) in [5.74, 6) is 1.04. The molecule has 1 heterocycles. The first-order chi connectivity index (χ1) is 16.9. The van der Waals surface area contributed by atoms with Gasteiger partial charge in [0.15, 0.2) is 0 Å². The standard InChI is InChI=1S/C26H39N5O5/c1-15(2)14-36-22-19(13-28-31(22)7-6-25(3,4)23(27)33)21(32)29-20-17-8-16-9-18(20)12-26(10-16,11-17)30-24(34)35-5/h6-7,13,15-18,20H,8-12,14H2,1-5H3,(H2,27,33)(H,29,32)(H,30,34)/b7-6+. The maximum atomic E-state index is 13.5. The van der Waals surface area contributed by atoms with E-state index < -0.39 is 11.3 Å². The third-order valence-corrected chi connectivity index (χ3v) is 7.94. The number of rotatable bonds is 9. The highest BCUT2D eigenvalue weighted by Gasteiger charge is 2.56. The third-order valence-electron chi connectivity index (χ3n) is 7.94. The predicted octanol–water partition coefficient (Wildman–Crippen LogP) is 2.93. The molecule has 4 bridgehead atoms. The molecular formula is C26H39N5O5. The number of amides is 3. The number of nitrogens with two attached hydrogens (primary N) is 1. The number of alkyl carbamates (subject to hydrolysis) is 1. The molecule has 1 aromatic rings. The van der Waals surface area contributed by atoms with E-state index >= 15 is 0 Å². The molecule has 0 aliphatic heterocycles. The fourth-order valence-electron chi connectivity index (χ4n) is 6.25. The minimum atomic E-state index is -0.877. The predicted molar refractivity (Wildman–Crippen MR) is 134 cm³/mol. The molecule has 2 unspecified atom stereocenters. The Hall–Kier alpha value is -3.04. The molecule has 10 heteroatoms. The Morgan fingerprint density at radius 3 is 2.50 bits per heavy atom. The van der Waals surface area contributed by atoms with Crippen LogP contribution in [0.4, 0.5) is 4.79 Å². The molecule has 4 saturated carbocycles. The van der Waals surface area contributed by atoms with Gasteiger partial charge in [0.1, 0.15) is 5.56 Å². The van der Waals surface area contributed by atoms with Crippen molar-refractivity contribution in [3.05, 3.63) is 17.8 Å². The Labute approximate surface area is 212 Å². The van der Waals surface area contributed by atoms with Crippen LogP contribution in [0.5, 0.6) is 5.88 Å². The lowest BCUT2D eigenvalue weighted by Crippen LogP contribution is -2.66. The van der Waals surface area contributed by atoms with Crippen LogP contribution in [0.2, 0.25) is 0 Å². The smallest absolute Gasteiger partial charge is 0.407 e. The molecule has 5 rings (SSSR count). The lowest BCUT2D eigenvalue weighted by atomic mass is 9.51. The summed E-state index contributed by atoms with van der Waals surface area (Å²) in [7, 11) is 1.39. The highest BCUT2D eigenvalue weighted by molar-refractivity contribution is 5.96. The van der Waals surface area contributed by atoms with Gasteiger partial charge in [-0.15, -0.1) is 0 Å². The van der Waals surface area contributed by atoms with Crippen LogP contribution < -0.4 is 21.1 Å². The number of hydrogen-bond donors (Lipinski definition) is 3. The van der Waals surface area contributed by atoms with Crippen LogP contribution in [0, 0.1) is 29.1 Å². The number of primary amides is 1. The van der Waals surface area contributed by atoms with E-state index in [1.54, 1.807) is 26.1 Å². The summed E-state index contributed by atoms with van der Waals surface area (Å²) < 4.78 is 12.4. The maximum absolute atomic E-state index is 13.5. The Balaban J connectivity index is 1.52. The minimum Gasteiger partial charge on any atom is -0.477 e. The Kier molecular flexibility index (Phi) is 7.07. The maximum Gasteiger partial charge on any atom is 0.407 e. The van der Waals surface area contributed by atoms with Crippen LogP contribution in [0.15, 0.2) is 12.3 Å². The van der Waals surface area contributed by atoms with Crippen molar-refractivity contribution in [1.82, 2.24) is 20.4 Å². The van der Waals surface area contributed by atoms with Crippen LogP contribution in [0.3, 0.4) is 0 Å². The van der Waals surface area contributed by atoms with Crippen molar-refractivity contribution in [2.75, 3.05) is 13.7 Å². The Bertz CT molecular complexity index is 1030. The average Bonchev–Trinajstić information content (AvgIpc) is 3.20. The molecule has 4 aliphatic carbocycles. The molecule has 4 N–H and O–H groups in total. The summed E-state index contributed by atoms with van der Waals surface area (Å²) >= 11 is 0. The van der Waals surface area contributed by atoms with Gasteiger partial charge in [-0.05, 0) is 69.6 Å². The number of hydrogen-bond acceptors (Lipinski definition) is 6. The quantitative estimate of drug-likeness (QED) is 0.476. The molecule has 0 spiro atoms. The van der Waals surface area contributed by atoms with Crippen LogP contribution in [-0.4, -0.2) is 53.0 Å². The second-order valence-electron chi connectivity index (χ2n) is 11.8. The lowest BCUT2D eigenvalue weighted by molar-refractivity contribution is -0.123. The third kappa shape index (κ3) is 5.22. The minimum absolute atomic E-state index is 0.0345. The molecule has 2 atom stereocenters. The summed E-state index contributed by atoms with van der Waals surface area (Å²) in [4.78, 5) is 37.2. The zero-order valence-corrected chi connectivity index (χ0v) is 21.9. The fraction of sp³-hybridized carbons (Fsp3) is 0.692. The largest absolute Gasteiger partial charge is 0.477 e. The molecule has 0 saturated heterocycles. The van der Waals surface area contributed by atoms with E-state index in [0.29, 0.717) is 35.8 Å². The fourth-order valence-corrected chi connectivity index (χ4v) is 6.25. The van der Waals surface area contributed by atoms with Gasteiger partial charge in [-0.25, -0.2) is 9.48 Å². The van der Waals surface area contributed by atoms with Crippen molar-refractivity contribution in [3.63, 3.8) is 0 Å². The van der Waals surface area contributed by atoms with Gasteiger partial charge in [-0.2, -0.15) is 5.10 Å². The monoisotopic (exact) mass is 501 g/mol. The number of nitrogens with one attached hydrogen (secondary N) is 2. The van der Waals surface area contributed by atoms with Crippen molar-refractivity contribution in [3.8, 4) is 5.88 Å². The van der Waals surface area contributed by atoms with Crippen LogP contribution in [0.1, 0.15) is 70.2 Å². The van der Waals surface area contributed by atoms with E-state index in [4.69, 9.17) is 15.2 Å². The van der Waals surface area contributed by atoms with Crippen molar-refractivity contribution >= 4 is 24.1 Å². The van der Waals surface area contributed by atoms with Crippen molar-refractivity contribution < 1.29 is 23.9 Å². The number of aromatic nitrogens is 2. The highest BCUT2D eigenvalue weighted by atomic mass is 16.5. The summed E-state index contributed by atoms with van der Waals surface area (Å²) in [6.45, 7) is 7.90. The van der Waals surface area contributed by atoms with Crippen molar-refractivity contribution in [2.24, 2.45) is 34.8 Å². The average molecular weight is 502 g/mol. The molecule has 4 fully saturated rings. The second-order valence-corrected chi connectivity index (χ2v) is 11.8. The van der Waals surface area contributed by atoms with E-state index in [2.05, 4.69) is 15.7 Å². The number of ether oxygens (including phenoxy) is 2. The Morgan fingerprint density at radius 1 is 1.25 bits per heavy atom. The first kappa shape index (κ1) is 26.0. The molecule has 1 aromatic heterocycles. The zero-order chi connectivity index (χ0) is 26.3. The molecule has 36 heavy (non-hydrogen) atoms. The molecule has 10 nitrogen and oxygen atoms in total. The van der Waals surface area contributed by atoms with Crippen LogP contribution in [0.25, 0.3) is 6.20 Å². The van der Waals surface area contributed by atoms with E-state index in [1.807, 2.05) is 13.8 Å². The number of carbonyl (C=O) groups excluding carboxylic acids is 3. The summed E-state index contributed by atoms with van der Waals surface area (Å²) in [5.41, 5.74) is 4.73. The molecule has 0 aromatic carbocycles. The van der Waals surface area contributed by atoms with E-state index in [-0.39, 0.29) is 29.5 Å². The first-order valence-corrected chi connectivity index (χ1v) is 12.8. The van der Waals surface area contributed by atoms with E-state index in [1.165, 1.54) is 18.0 Å². The van der Waals surface area contributed by atoms with Gasteiger partial charge in [-0.1, -0.05) is 19.9 Å². The van der Waals surface area contributed by atoms with E-state index in [0.717, 1.165) is 32.1 Å². The first-order valence-electron chi connectivity index (χ1n) is 12.8. The number of methoxy groups -OCH3 is 1. The topological polar surface area (TPSA) is 138 Å². The summed E-state index contributed by atoms with van der Waals surface area (Å²) in [6, 6.07) is 0.0345. The van der Waals surface area contributed by atoms with E-state index in [9.17, 15) is 14.4 Å². The second kappa shape index (κ2) is 9.78. The van der Waals surface area contributed by atoms with Gasteiger partial charge >= 0.3 is 6.09 Å². The van der Waals surface area contributed by atoms with Gasteiger partial charge in [0.2, 0.25) is 11.8 Å². The summed E-state index contributed by atoms with van der Waals surface area (Å²) in [5, 5.41) is 10.7. The van der Waals surface area contributed by atoms with Crippen molar-refractivity contribution in [1.29, 1.82) is 0 Å². The Morgan fingerprint density at radius 2 is 1.92 bits per heavy atom. The van der Waals surface area contributed by atoms with Gasteiger partial charge in [0, 0.05) is 17.8 Å². The van der Waals surface area contributed by atoms with Crippen LogP contribution >= 0.6 is 0 Å². The molecule has 4 aliphatic rings. The molecule has 0 radical (unpaired) electrons. The van der Waals surface area contributed by atoms with Crippen LogP contribution in [-0.2, 0) is 9.53 Å². The van der Waals surface area contributed by atoms with Gasteiger partial charge in [0.25, 0.3) is 5.91 Å². The SMILES string of the molecule is COC(=O)NC12CC3CC(C1)C(NC(=O)c1cnn(/C=C/C(C)(C)C(N)=O)c1OCC(C)C)C(C3)C2. The summed E-state index contributed by atoms with van der Waals surface area (Å²) in [6.07, 6.45) is 9.12. The lowest BCUT2D eigenvalue weighted by Gasteiger charge is -2.59. The molecule has 198 valence electrons. The van der Waals surface area contributed by atoms with Crippen molar-refractivity contribution in [2.45, 2.75) is 71.4 Å². The van der Waals surface area contributed by atoms with Gasteiger partial charge in [-0.3, -0.25) is 9.59 Å². The zero-order valence-electron chi connectivity index (χ0n) is 21.9. The van der Waals surface area contributed by atoms with Gasteiger partial charge in [0.05, 0.1) is 25.3 Å². The normalized spacial score (nSPS) is 28.9. The number of nitrogens with zero attached hydrogens (tertiary/aromatic N) is 2.